The van der Waals surface area contributed by atoms with E-state index in [4.69, 9.17) is 9.47 Å². The highest BCUT2D eigenvalue weighted by Crippen LogP contribution is 1.98. The van der Waals surface area contributed by atoms with Crippen molar-refractivity contribution in [3.8, 4) is 0 Å². The third-order valence-electron chi connectivity index (χ3n) is 1.71. The molecule has 16 heavy (non-hydrogen) atoms. The van der Waals surface area contributed by atoms with Gasteiger partial charge in [-0.25, -0.2) is 0 Å². The quantitative estimate of drug-likeness (QED) is 0.439. The minimum Gasteiger partial charge on any atom is -0.462 e. The van der Waals surface area contributed by atoms with Gasteiger partial charge in [-0.1, -0.05) is 0 Å². The molecule has 1 unspecified atom stereocenters. The number of hydrogen-bond acceptors (Lipinski definition) is 6. The summed E-state index contributed by atoms with van der Waals surface area (Å²) in [5.74, 6) is -0.883. The van der Waals surface area contributed by atoms with Crippen molar-refractivity contribution in [1.82, 2.24) is 4.90 Å². The highest BCUT2D eigenvalue weighted by Gasteiger charge is 2.16. The van der Waals surface area contributed by atoms with E-state index in [9.17, 15) is 14.4 Å². The minimum atomic E-state index is -0.550. The number of ether oxygens (including phenoxy) is 2. The SMILES string of the molecule is CC(=O)OCC(CN(C)CC=O)OC(C)=O. The van der Waals surface area contributed by atoms with Crippen LogP contribution < -0.4 is 0 Å². The van der Waals surface area contributed by atoms with Crippen molar-refractivity contribution in [3.05, 3.63) is 0 Å². The van der Waals surface area contributed by atoms with Crippen molar-refractivity contribution >= 4 is 18.2 Å². The number of hydrogen-bond donors (Lipinski definition) is 0. The summed E-state index contributed by atoms with van der Waals surface area (Å²) < 4.78 is 9.70. The molecule has 0 aliphatic rings. The molecule has 6 heteroatoms. The van der Waals surface area contributed by atoms with Crippen LogP contribution in [0.25, 0.3) is 0 Å². The molecule has 0 aromatic carbocycles. The van der Waals surface area contributed by atoms with Crippen LogP contribution in [0.2, 0.25) is 0 Å². The number of carbonyl (C=O) groups excluding carboxylic acids is 3. The van der Waals surface area contributed by atoms with Gasteiger partial charge in [-0.15, -0.1) is 0 Å². The lowest BCUT2D eigenvalue weighted by Gasteiger charge is -2.21. The second kappa shape index (κ2) is 7.81. The summed E-state index contributed by atoms with van der Waals surface area (Å²) >= 11 is 0. The summed E-state index contributed by atoms with van der Waals surface area (Å²) in [6.45, 7) is 3.13. The van der Waals surface area contributed by atoms with E-state index >= 15 is 0 Å². The molecule has 0 spiro atoms. The predicted octanol–water partition coefficient (Wildman–Crippen LogP) is -0.388. The number of esters is 2. The van der Waals surface area contributed by atoms with E-state index in [0.717, 1.165) is 6.29 Å². The van der Waals surface area contributed by atoms with E-state index in [1.165, 1.54) is 13.8 Å². The van der Waals surface area contributed by atoms with E-state index in [1.54, 1.807) is 11.9 Å². The standard InChI is InChI=1S/C10H17NO5/c1-8(13)15-7-10(16-9(2)14)6-11(3)4-5-12/h5,10H,4,6-7H2,1-3H3. The van der Waals surface area contributed by atoms with Gasteiger partial charge in [-0.2, -0.15) is 0 Å². The Morgan fingerprint density at radius 3 is 2.38 bits per heavy atom. The van der Waals surface area contributed by atoms with Gasteiger partial charge in [0.1, 0.15) is 19.0 Å². The zero-order valence-corrected chi connectivity index (χ0v) is 9.76. The monoisotopic (exact) mass is 231 g/mol. The Balaban J connectivity index is 4.13. The maximum absolute atomic E-state index is 10.8. The van der Waals surface area contributed by atoms with Crippen molar-refractivity contribution in [1.29, 1.82) is 0 Å². The minimum absolute atomic E-state index is 0.00187. The molecule has 1 atom stereocenters. The Kier molecular flexibility index (Phi) is 7.11. The van der Waals surface area contributed by atoms with Crippen LogP contribution in [0, 0.1) is 0 Å². The molecule has 0 aliphatic heterocycles. The summed E-state index contributed by atoms with van der Waals surface area (Å²) in [4.78, 5) is 33.3. The summed E-state index contributed by atoms with van der Waals surface area (Å²) in [6.07, 6.45) is 0.197. The molecule has 0 radical (unpaired) electrons. The Hall–Kier alpha value is -1.43. The summed E-state index contributed by atoms with van der Waals surface area (Å²) in [5.41, 5.74) is 0. The number of nitrogens with zero attached hydrogens (tertiary/aromatic N) is 1. The van der Waals surface area contributed by atoms with Gasteiger partial charge in [0, 0.05) is 20.4 Å². The van der Waals surface area contributed by atoms with Crippen LogP contribution in [0.1, 0.15) is 13.8 Å². The van der Waals surface area contributed by atoms with Gasteiger partial charge < -0.3 is 14.3 Å². The van der Waals surface area contributed by atoms with Gasteiger partial charge in [0.2, 0.25) is 0 Å². The first-order valence-corrected chi connectivity index (χ1v) is 4.88. The van der Waals surface area contributed by atoms with Crippen LogP contribution in [0.3, 0.4) is 0 Å². The third-order valence-corrected chi connectivity index (χ3v) is 1.71. The highest BCUT2D eigenvalue weighted by molar-refractivity contribution is 5.67. The summed E-state index contributed by atoms with van der Waals surface area (Å²) in [7, 11) is 1.71. The lowest BCUT2D eigenvalue weighted by atomic mass is 10.3. The van der Waals surface area contributed by atoms with E-state index < -0.39 is 18.0 Å². The first kappa shape index (κ1) is 14.6. The number of likely N-dealkylation sites (N-methyl/N-ethyl adjacent to an activating group) is 1. The van der Waals surface area contributed by atoms with Crippen molar-refractivity contribution in [2.45, 2.75) is 20.0 Å². The highest BCUT2D eigenvalue weighted by atomic mass is 16.6. The molecule has 0 amide bonds. The van der Waals surface area contributed by atoms with Crippen LogP contribution in [0.15, 0.2) is 0 Å². The summed E-state index contributed by atoms with van der Waals surface area (Å²) in [6, 6.07) is 0. The largest absolute Gasteiger partial charge is 0.462 e. The molecule has 0 aliphatic carbocycles. The van der Waals surface area contributed by atoms with Crippen LogP contribution in [0.5, 0.6) is 0 Å². The predicted molar refractivity (Wildman–Crippen MR) is 55.7 cm³/mol. The molecular weight excluding hydrogens is 214 g/mol. The first-order valence-electron chi connectivity index (χ1n) is 4.88. The molecule has 0 saturated heterocycles. The average molecular weight is 231 g/mol. The molecule has 0 rings (SSSR count). The van der Waals surface area contributed by atoms with Crippen LogP contribution >= 0.6 is 0 Å². The fourth-order valence-corrected chi connectivity index (χ4v) is 1.12. The molecule has 0 saturated carbocycles. The van der Waals surface area contributed by atoms with Crippen molar-refractivity contribution in [2.24, 2.45) is 0 Å². The second-order valence-electron chi connectivity index (χ2n) is 3.42. The molecule has 0 aromatic rings. The summed E-state index contributed by atoms with van der Waals surface area (Å²) in [5, 5.41) is 0. The second-order valence-corrected chi connectivity index (χ2v) is 3.42. The van der Waals surface area contributed by atoms with Crippen molar-refractivity contribution in [2.75, 3.05) is 26.7 Å². The van der Waals surface area contributed by atoms with Crippen LogP contribution in [0.4, 0.5) is 0 Å². The van der Waals surface area contributed by atoms with Gasteiger partial charge >= 0.3 is 11.9 Å². The van der Waals surface area contributed by atoms with Gasteiger partial charge in [-0.3, -0.25) is 14.5 Å². The van der Waals surface area contributed by atoms with E-state index in [-0.39, 0.29) is 13.2 Å². The maximum atomic E-state index is 10.8. The lowest BCUT2D eigenvalue weighted by Crippen LogP contribution is -2.36. The van der Waals surface area contributed by atoms with Crippen LogP contribution in [-0.4, -0.2) is 56.0 Å². The van der Waals surface area contributed by atoms with E-state index in [0.29, 0.717) is 6.54 Å². The molecule has 0 aromatic heterocycles. The molecule has 6 nitrogen and oxygen atoms in total. The van der Waals surface area contributed by atoms with Crippen molar-refractivity contribution < 1.29 is 23.9 Å². The normalized spacial score (nSPS) is 12.0. The Morgan fingerprint density at radius 2 is 1.94 bits per heavy atom. The average Bonchev–Trinajstić information content (AvgIpc) is 2.13. The molecule has 0 fully saturated rings. The fourth-order valence-electron chi connectivity index (χ4n) is 1.12. The maximum Gasteiger partial charge on any atom is 0.303 e. The molecule has 92 valence electrons. The zero-order valence-electron chi connectivity index (χ0n) is 9.76. The topological polar surface area (TPSA) is 72.9 Å². The number of carbonyl (C=O) groups is 3. The van der Waals surface area contributed by atoms with Gasteiger partial charge in [-0.05, 0) is 7.05 Å². The van der Waals surface area contributed by atoms with Gasteiger partial charge in [0.25, 0.3) is 0 Å². The van der Waals surface area contributed by atoms with Crippen LogP contribution in [-0.2, 0) is 23.9 Å². The third kappa shape index (κ3) is 7.93. The number of aldehydes is 1. The van der Waals surface area contributed by atoms with E-state index in [2.05, 4.69) is 0 Å². The number of rotatable bonds is 7. The van der Waals surface area contributed by atoms with Crippen molar-refractivity contribution in [3.63, 3.8) is 0 Å². The lowest BCUT2D eigenvalue weighted by molar-refractivity contribution is -0.157. The van der Waals surface area contributed by atoms with Gasteiger partial charge in [0.05, 0.1) is 6.54 Å². The Morgan fingerprint density at radius 1 is 1.31 bits per heavy atom. The molecule has 0 bridgehead atoms. The van der Waals surface area contributed by atoms with Gasteiger partial charge in [0.15, 0.2) is 0 Å². The first-order chi connectivity index (χ1) is 7.45. The van der Waals surface area contributed by atoms with E-state index in [1.807, 2.05) is 0 Å². The zero-order chi connectivity index (χ0) is 12.6. The molecule has 0 N–H and O–H groups in total. The Labute approximate surface area is 94.5 Å². The Bertz CT molecular complexity index is 254. The smallest absolute Gasteiger partial charge is 0.303 e. The fraction of sp³-hybridized carbons (Fsp3) is 0.700. The molecular formula is C10H17NO5. The molecule has 0 heterocycles.